The Hall–Kier alpha value is -3.86. The summed E-state index contributed by atoms with van der Waals surface area (Å²) in [6.45, 7) is 6.76. The predicted molar refractivity (Wildman–Crippen MR) is 161 cm³/mol. The Morgan fingerprint density at radius 3 is 2.46 bits per heavy atom. The van der Waals surface area contributed by atoms with Crippen molar-refractivity contribution < 1.29 is 9.53 Å². The van der Waals surface area contributed by atoms with Gasteiger partial charge < -0.3 is 14.6 Å². The number of aryl methyl sites for hydroxylation is 2. The Labute approximate surface area is 232 Å². The molecular weight excluding hydrogens is 482 g/mol. The first-order valence-electron chi connectivity index (χ1n) is 14.3. The fourth-order valence-electron chi connectivity index (χ4n) is 4.67. The number of para-hydroxylation sites is 2. The Bertz CT molecular complexity index is 1320. The molecule has 0 aliphatic carbocycles. The highest BCUT2D eigenvalue weighted by molar-refractivity contribution is 5.91. The van der Waals surface area contributed by atoms with Crippen LogP contribution in [-0.4, -0.2) is 28.6 Å². The molecule has 1 N–H and O–H groups in total. The first kappa shape index (κ1) is 28.2. The highest BCUT2D eigenvalue weighted by atomic mass is 16.5. The van der Waals surface area contributed by atoms with E-state index in [2.05, 4.69) is 72.3 Å². The summed E-state index contributed by atoms with van der Waals surface area (Å²) in [5.41, 5.74) is 4.63. The van der Waals surface area contributed by atoms with Gasteiger partial charge >= 0.3 is 0 Å². The van der Waals surface area contributed by atoms with Gasteiger partial charge in [0.25, 0.3) is 0 Å². The van der Waals surface area contributed by atoms with Crippen LogP contribution in [0.5, 0.6) is 5.75 Å². The number of unbranched alkanes of at least 4 members (excludes halogenated alkanes) is 3. The van der Waals surface area contributed by atoms with Gasteiger partial charge in [-0.25, -0.2) is 4.98 Å². The Morgan fingerprint density at radius 1 is 0.897 bits per heavy atom. The third-order valence-electron chi connectivity index (χ3n) is 6.93. The standard InChI is InChI=1S/C34H41N3O2/c1-27(2)29-19-21-30(22-20-29)39-26-12-11-25-37-32-16-9-8-15-31(32)36-33(37)17-7-4-10-24-35-34(38)23-18-28-13-5-3-6-14-28/h3,5-6,8-9,13-16,18-23,27H,4,7,10-12,17,24-26H2,1-2H3,(H,35,38)/b23-18+. The average Bonchev–Trinajstić information content (AvgIpc) is 3.31. The molecule has 0 atom stereocenters. The minimum absolute atomic E-state index is 0.0443. The molecule has 0 fully saturated rings. The van der Waals surface area contributed by atoms with E-state index in [0.29, 0.717) is 12.5 Å². The number of amides is 1. The van der Waals surface area contributed by atoms with E-state index in [-0.39, 0.29) is 5.91 Å². The predicted octanol–water partition coefficient (Wildman–Crippen LogP) is 7.56. The maximum atomic E-state index is 12.1. The molecule has 204 valence electrons. The van der Waals surface area contributed by atoms with Crippen LogP contribution in [0.2, 0.25) is 0 Å². The molecule has 0 radical (unpaired) electrons. The number of hydrogen-bond donors (Lipinski definition) is 1. The molecule has 0 aliphatic rings. The molecule has 0 spiro atoms. The molecular formula is C34H41N3O2. The maximum Gasteiger partial charge on any atom is 0.243 e. The molecule has 4 aromatic rings. The second-order valence-corrected chi connectivity index (χ2v) is 10.3. The van der Waals surface area contributed by atoms with Crippen LogP contribution in [0.15, 0.2) is 84.9 Å². The van der Waals surface area contributed by atoms with Crippen LogP contribution in [-0.2, 0) is 17.8 Å². The van der Waals surface area contributed by atoms with Crippen molar-refractivity contribution in [2.45, 2.75) is 64.8 Å². The van der Waals surface area contributed by atoms with E-state index in [9.17, 15) is 4.79 Å². The van der Waals surface area contributed by atoms with Gasteiger partial charge in [-0.05, 0) is 73.1 Å². The van der Waals surface area contributed by atoms with E-state index in [1.165, 1.54) is 11.1 Å². The third-order valence-corrected chi connectivity index (χ3v) is 6.93. The average molecular weight is 524 g/mol. The molecule has 39 heavy (non-hydrogen) atoms. The van der Waals surface area contributed by atoms with Crippen molar-refractivity contribution in [3.05, 3.63) is 102 Å². The number of benzene rings is 3. The summed E-state index contributed by atoms with van der Waals surface area (Å²) in [5.74, 6) is 2.58. The molecule has 5 nitrogen and oxygen atoms in total. The molecule has 1 aromatic heterocycles. The molecule has 5 heteroatoms. The van der Waals surface area contributed by atoms with E-state index in [1.54, 1.807) is 6.08 Å². The lowest BCUT2D eigenvalue weighted by Crippen LogP contribution is -2.22. The minimum Gasteiger partial charge on any atom is -0.494 e. The van der Waals surface area contributed by atoms with Crippen LogP contribution in [0.1, 0.15) is 68.8 Å². The number of fused-ring (bicyclic) bond motifs is 1. The van der Waals surface area contributed by atoms with Crippen molar-refractivity contribution in [1.29, 1.82) is 0 Å². The summed E-state index contributed by atoms with van der Waals surface area (Å²) in [7, 11) is 0. The SMILES string of the molecule is CC(C)c1ccc(OCCCCn2c(CCCCCNC(=O)/C=C/c3ccccc3)nc3ccccc32)cc1. The summed E-state index contributed by atoms with van der Waals surface area (Å²) in [5, 5.41) is 2.99. The van der Waals surface area contributed by atoms with E-state index < -0.39 is 0 Å². The van der Waals surface area contributed by atoms with Gasteiger partial charge in [-0.3, -0.25) is 4.79 Å². The van der Waals surface area contributed by atoms with Crippen LogP contribution in [0.3, 0.4) is 0 Å². The van der Waals surface area contributed by atoms with E-state index >= 15 is 0 Å². The van der Waals surface area contributed by atoms with Crippen molar-refractivity contribution >= 4 is 23.0 Å². The van der Waals surface area contributed by atoms with Crippen molar-refractivity contribution in [3.8, 4) is 5.75 Å². The zero-order valence-corrected chi connectivity index (χ0v) is 23.3. The topological polar surface area (TPSA) is 56.1 Å². The van der Waals surface area contributed by atoms with Gasteiger partial charge in [0.15, 0.2) is 0 Å². The molecule has 0 bridgehead atoms. The quantitative estimate of drug-likeness (QED) is 0.129. The number of ether oxygens (including phenoxy) is 1. The van der Waals surface area contributed by atoms with Crippen molar-refractivity contribution in [2.75, 3.05) is 13.2 Å². The Kier molecular flexibility index (Phi) is 10.8. The van der Waals surface area contributed by atoms with Crippen molar-refractivity contribution in [2.24, 2.45) is 0 Å². The second-order valence-electron chi connectivity index (χ2n) is 10.3. The lowest BCUT2D eigenvalue weighted by molar-refractivity contribution is -0.116. The van der Waals surface area contributed by atoms with Gasteiger partial charge in [-0.15, -0.1) is 0 Å². The van der Waals surface area contributed by atoms with Gasteiger partial charge in [0.05, 0.1) is 17.6 Å². The van der Waals surface area contributed by atoms with E-state index in [4.69, 9.17) is 9.72 Å². The first-order valence-corrected chi connectivity index (χ1v) is 14.3. The summed E-state index contributed by atoms with van der Waals surface area (Å²) in [4.78, 5) is 17.0. The lowest BCUT2D eigenvalue weighted by atomic mass is 10.0. The largest absolute Gasteiger partial charge is 0.494 e. The summed E-state index contributed by atoms with van der Waals surface area (Å²) >= 11 is 0. The number of aromatic nitrogens is 2. The highest BCUT2D eigenvalue weighted by Crippen LogP contribution is 2.20. The number of imidazole rings is 1. The Morgan fingerprint density at radius 2 is 1.67 bits per heavy atom. The van der Waals surface area contributed by atoms with Crippen LogP contribution in [0.4, 0.5) is 0 Å². The van der Waals surface area contributed by atoms with Crippen LogP contribution in [0.25, 0.3) is 17.1 Å². The fourth-order valence-corrected chi connectivity index (χ4v) is 4.67. The van der Waals surface area contributed by atoms with Crippen molar-refractivity contribution in [3.63, 3.8) is 0 Å². The van der Waals surface area contributed by atoms with Gasteiger partial charge in [0.2, 0.25) is 5.91 Å². The number of hydrogen-bond acceptors (Lipinski definition) is 3. The number of carbonyl (C=O) groups is 1. The van der Waals surface area contributed by atoms with E-state index in [0.717, 1.165) is 74.3 Å². The number of nitrogens with one attached hydrogen (secondary N) is 1. The van der Waals surface area contributed by atoms with Crippen LogP contribution >= 0.6 is 0 Å². The maximum absolute atomic E-state index is 12.1. The summed E-state index contributed by atoms with van der Waals surface area (Å²) < 4.78 is 8.35. The summed E-state index contributed by atoms with van der Waals surface area (Å²) in [6.07, 6.45) is 9.48. The van der Waals surface area contributed by atoms with Gasteiger partial charge in [-0.2, -0.15) is 0 Å². The number of carbonyl (C=O) groups excluding carboxylic acids is 1. The van der Waals surface area contributed by atoms with Crippen LogP contribution < -0.4 is 10.1 Å². The molecule has 0 aliphatic heterocycles. The van der Waals surface area contributed by atoms with Crippen molar-refractivity contribution in [1.82, 2.24) is 14.9 Å². The zero-order chi connectivity index (χ0) is 27.3. The van der Waals surface area contributed by atoms with Gasteiger partial charge in [0, 0.05) is 25.6 Å². The second kappa shape index (κ2) is 14.9. The highest BCUT2D eigenvalue weighted by Gasteiger charge is 2.10. The molecule has 1 heterocycles. The zero-order valence-electron chi connectivity index (χ0n) is 23.3. The van der Waals surface area contributed by atoms with Gasteiger partial charge in [0.1, 0.15) is 11.6 Å². The number of nitrogens with zero attached hydrogens (tertiary/aromatic N) is 2. The lowest BCUT2D eigenvalue weighted by Gasteiger charge is -2.11. The third kappa shape index (κ3) is 8.85. The molecule has 0 saturated carbocycles. The molecule has 3 aromatic carbocycles. The van der Waals surface area contributed by atoms with Gasteiger partial charge in [-0.1, -0.05) is 74.9 Å². The summed E-state index contributed by atoms with van der Waals surface area (Å²) in [6, 6.07) is 26.7. The smallest absolute Gasteiger partial charge is 0.243 e. The van der Waals surface area contributed by atoms with Crippen LogP contribution in [0, 0.1) is 0 Å². The fraction of sp³-hybridized carbons (Fsp3) is 0.353. The molecule has 0 unspecified atom stereocenters. The molecule has 1 amide bonds. The first-order chi connectivity index (χ1) is 19.1. The Balaban J connectivity index is 1.18. The van der Waals surface area contributed by atoms with E-state index in [1.807, 2.05) is 36.4 Å². The normalized spacial score (nSPS) is 11.5. The molecule has 0 saturated heterocycles. The molecule has 4 rings (SSSR count). The minimum atomic E-state index is -0.0443. The number of rotatable bonds is 15. The monoisotopic (exact) mass is 523 g/mol.